The lowest BCUT2D eigenvalue weighted by molar-refractivity contribution is 0.300. The predicted octanol–water partition coefficient (Wildman–Crippen LogP) is 4.29. The van der Waals surface area contributed by atoms with Crippen LogP contribution in [0.5, 0.6) is 0 Å². The highest BCUT2D eigenvalue weighted by atomic mass is 35.5. The average molecular weight is 283 g/mol. The van der Waals surface area contributed by atoms with E-state index in [1.807, 2.05) is 12.1 Å². The first kappa shape index (κ1) is 16.3. The maximum Gasteiger partial charge on any atom is 0.0407 e. The standard InChI is InChI=1S/C16H27ClN2/c1-5-18(6-2)12-7-13-19(14(3)4)16-10-8-15(17)9-11-16/h8-11,14H,5-7,12-13H2,1-4H3. The summed E-state index contributed by atoms with van der Waals surface area (Å²) in [5.41, 5.74) is 1.26. The SMILES string of the molecule is CCN(CC)CCCN(c1ccc(Cl)cc1)C(C)C. The molecule has 19 heavy (non-hydrogen) atoms. The van der Waals surface area contributed by atoms with Crippen molar-refractivity contribution in [3.05, 3.63) is 29.3 Å². The van der Waals surface area contributed by atoms with E-state index in [0.29, 0.717) is 6.04 Å². The Bertz CT molecular complexity index is 344. The molecule has 1 aromatic carbocycles. The molecule has 0 aliphatic carbocycles. The van der Waals surface area contributed by atoms with Crippen LogP contribution in [-0.2, 0) is 0 Å². The molecule has 0 spiro atoms. The Morgan fingerprint density at radius 1 is 1.00 bits per heavy atom. The Kier molecular flexibility index (Phi) is 7.25. The lowest BCUT2D eigenvalue weighted by Crippen LogP contribution is -2.34. The van der Waals surface area contributed by atoms with Crippen LogP contribution >= 0.6 is 11.6 Å². The number of hydrogen-bond donors (Lipinski definition) is 0. The van der Waals surface area contributed by atoms with Crippen LogP contribution in [0.1, 0.15) is 34.1 Å². The van der Waals surface area contributed by atoms with Gasteiger partial charge in [-0.1, -0.05) is 25.4 Å². The zero-order chi connectivity index (χ0) is 14.3. The summed E-state index contributed by atoms with van der Waals surface area (Å²) in [5, 5.41) is 0.801. The van der Waals surface area contributed by atoms with Gasteiger partial charge in [-0.3, -0.25) is 0 Å². The largest absolute Gasteiger partial charge is 0.369 e. The fraction of sp³-hybridized carbons (Fsp3) is 0.625. The number of benzene rings is 1. The van der Waals surface area contributed by atoms with Crippen molar-refractivity contribution in [1.82, 2.24) is 4.90 Å². The van der Waals surface area contributed by atoms with E-state index in [0.717, 1.165) is 24.7 Å². The molecule has 0 unspecified atom stereocenters. The maximum atomic E-state index is 5.95. The van der Waals surface area contributed by atoms with Crippen LogP contribution in [0.25, 0.3) is 0 Å². The Labute approximate surface area is 123 Å². The monoisotopic (exact) mass is 282 g/mol. The van der Waals surface area contributed by atoms with Crippen LogP contribution in [-0.4, -0.2) is 37.1 Å². The van der Waals surface area contributed by atoms with E-state index in [2.05, 4.69) is 49.6 Å². The summed E-state index contributed by atoms with van der Waals surface area (Å²) in [6.07, 6.45) is 1.20. The van der Waals surface area contributed by atoms with Crippen LogP contribution in [0.4, 0.5) is 5.69 Å². The zero-order valence-corrected chi connectivity index (χ0v) is 13.5. The van der Waals surface area contributed by atoms with Crippen LogP contribution in [0, 0.1) is 0 Å². The quantitative estimate of drug-likeness (QED) is 0.702. The predicted molar refractivity (Wildman–Crippen MR) is 86.3 cm³/mol. The van der Waals surface area contributed by atoms with Gasteiger partial charge < -0.3 is 9.80 Å². The van der Waals surface area contributed by atoms with E-state index in [1.54, 1.807) is 0 Å². The highest BCUT2D eigenvalue weighted by Crippen LogP contribution is 2.20. The van der Waals surface area contributed by atoms with E-state index in [-0.39, 0.29) is 0 Å². The second kappa shape index (κ2) is 8.44. The minimum absolute atomic E-state index is 0.512. The smallest absolute Gasteiger partial charge is 0.0407 e. The normalized spacial score (nSPS) is 11.3. The lowest BCUT2D eigenvalue weighted by Gasteiger charge is -2.30. The molecule has 0 atom stereocenters. The lowest BCUT2D eigenvalue weighted by atomic mass is 10.2. The molecule has 0 amide bonds. The van der Waals surface area contributed by atoms with Crippen molar-refractivity contribution in [3.8, 4) is 0 Å². The molecule has 1 aromatic rings. The van der Waals surface area contributed by atoms with Gasteiger partial charge in [0.25, 0.3) is 0 Å². The highest BCUT2D eigenvalue weighted by molar-refractivity contribution is 6.30. The summed E-state index contributed by atoms with van der Waals surface area (Å²) in [7, 11) is 0. The molecule has 2 nitrogen and oxygen atoms in total. The van der Waals surface area contributed by atoms with Gasteiger partial charge in [0.15, 0.2) is 0 Å². The van der Waals surface area contributed by atoms with Gasteiger partial charge in [0, 0.05) is 23.3 Å². The molecule has 0 radical (unpaired) electrons. The summed E-state index contributed by atoms with van der Waals surface area (Å²) in [6.45, 7) is 13.5. The van der Waals surface area contributed by atoms with Gasteiger partial charge >= 0.3 is 0 Å². The van der Waals surface area contributed by atoms with Crippen LogP contribution in [0.15, 0.2) is 24.3 Å². The zero-order valence-electron chi connectivity index (χ0n) is 12.7. The van der Waals surface area contributed by atoms with E-state index in [4.69, 9.17) is 11.6 Å². The number of hydrogen-bond acceptors (Lipinski definition) is 2. The number of nitrogens with zero attached hydrogens (tertiary/aromatic N) is 2. The van der Waals surface area contributed by atoms with Gasteiger partial charge in [-0.25, -0.2) is 0 Å². The molecular weight excluding hydrogens is 256 g/mol. The summed E-state index contributed by atoms with van der Waals surface area (Å²) < 4.78 is 0. The molecule has 1 rings (SSSR count). The second-order valence-corrected chi connectivity index (χ2v) is 5.58. The topological polar surface area (TPSA) is 6.48 Å². The van der Waals surface area contributed by atoms with Crippen molar-refractivity contribution in [1.29, 1.82) is 0 Å². The first-order chi connectivity index (χ1) is 9.08. The average Bonchev–Trinajstić information content (AvgIpc) is 2.40. The van der Waals surface area contributed by atoms with Gasteiger partial charge in [-0.15, -0.1) is 0 Å². The van der Waals surface area contributed by atoms with Gasteiger partial charge in [-0.2, -0.15) is 0 Å². The third-order valence-corrected chi connectivity index (χ3v) is 3.80. The molecule has 108 valence electrons. The minimum Gasteiger partial charge on any atom is -0.369 e. The highest BCUT2D eigenvalue weighted by Gasteiger charge is 2.10. The Morgan fingerprint density at radius 3 is 2.05 bits per heavy atom. The molecule has 0 aliphatic heterocycles. The molecule has 0 aliphatic rings. The molecule has 3 heteroatoms. The van der Waals surface area contributed by atoms with Gasteiger partial charge in [0.2, 0.25) is 0 Å². The Hall–Kier alpha value is -0.730. The van der Waals surface area contributed by atoms with Crippen molar-refractivity contribution in [2.45, 2.75) is 40.2 Å². The van der Waals surface area contributed by atoms with E-state index < -0.39 is 0 Å². The van der Waals surface area contributed by atoms with E-state index in [1.165, 1.54) is 18.7 Å². The van der Waals surface area contributed by atoms with Gasteiger partial charge in [-0.05, 0) is 64.2 Å². The fourth-order valence-corrected chi connectivity index (χ4v) is 2.45. The van der Waals surface area contributed by atoms with Gasteiger partial charge in [0.1, 0.15) is 0 Å². The molecule has 0 heterocycles. The summed E-state index contributed by atoms with van der Waals surface area (Å²) in [4.78, 5) is 4.92. The Morgan fingerprint density at radius 2 is 1.58 bits per heavy atom. The third kappa shape index (κ3) is 5.42. The molecule has 0 bridgehead atoms. The van der Waals surface area contributed by atoms with E-state index in [9.17, 15) is 0 Å². The Balaban J connectivity index is 2.56. The van der Waals surface area contributed by atoms with Crippen molar-refractivity contribution >= 4 is 17.3 Å². The molecule has 0 fully saturated rings. The number of halogens is 1. The number of rotatable bonds is 8. The van der Waals surface area contributed by atoms with Crippen molar-refractivity contribution < 1.29 is 0 Å². The molecule has 0 saturated heterocycles. The van der Waals surface area contributed by atoms with Crippen molar-refractivity contribution in [2.24, 2.45) is 0 Å². The second-order valence-electron chi connectivity index (χ2n) is 5.14. The van der Waals surface area contributed by atoms with Crippen LogP contribution in [0.2, 0.25) is 5.02 Å². The number of anilines is 1. The molecule has 0 N–H and O–H groups in total. The summed E-state index contributed by atoms with van der Waals surface area (Å²) in [6, 6.07) is 8.67. The first-order valence-corrected chi connectivity index (χ1v) is 7.70. The first-order valence-electron chi connectivity index (χ1n) is 7.33. The van der Waals surface area contributed by atoms with Crippen molar-refractivity contribution in [2.75, 3.05) is 31.1 Å². The molecular formula is C16H27ClN2. The maximum absolute atomic E-state index is 5.95. The molecule has 0 aromatic heterocycles. The minimum atomic E-state index is 0.512. The van der Waals surface area contributed by atoms with Crippen molar-refractivity contribution in [3.63, 3.8) is 0 Å². The third-order valence-electron chi connectivity index (χ3n) is 3.55. The summed E-state index contributed by atoms with van der Waals surface area (Å²) >= 11 is 5.95. The fourth-order valence-electron chi connectivity index (χ4n) is 2.32. The molecule has 0 saturated carbocycles. The van der Waals surface area contributed by atoms with Crippen LogP contribution < -0.4 is 4.90 Å². The van der Waals surface area contributed by atoms with Gasteiger partial charge in [0.05, 0.1) is 0 Å². The van der Waals surface area contributed by atoms with E-state index >= 15 is 0 Å². The van der Waals surface area contributed by atoms with Crippen LogP contribution in [0.3, 0.4) is 0 Å². The summed E-state index contributed by atoms with van der Waals surface area (Å²) in [5.74, 6) is 0.